The Morgan fingerprint density at radius 1 is 1.42 bits per heavy atom. The van der Waals surface area contributed by atoms with Crippen LogP contribution in [0.15, 0.2) is 12.1 Å². The SMILES string of the molecule is CCN(Cc1cc(Cl)cc(Cl)c1O)CC(C)C(=O)O. The van der Waals surface area contributed by atoms with Gasteiger partial charge in [-0.25, -0.2) is 0 Å². The lowest BCUT2D eigenvalue weighted by Gasteiger charge is -2.23. The monoisotopic (exact) mass is 305 g/mol. The van der Waals surface area contributed by atoms with E-state index in [-0.39, 0.29) is 10.8 Å². The van der Waals surface area contributed by atoms with Crippen LogP contribution < -0.4 is 0 Å². The summed E-state index contributed by atoms with van der Waals surface area (Å²) in [6.07, 6.45) is 0. The first kappa shape index (κ1) is 16.1. The second kappa shape index (κ2) is 6.98. The third-order valence-corrected chi connectivity index (χ3v) is 3.41. The van der Waals surface area contributed by atoms with Crippen LogP contribution in [0.4, 0.5) is 0 Å². The van der Waals surface area contributed by atoms with Gasteiger partial charge in [-0.15, -0.1) is 0 Å². The Balaban J connectivity index is 2.84. The number of phenolic OH excluding ortho intramolecular Hbond substituents is 1. The molecule has 2 N–H and O–H groups in total. The molecule has 0 heterocycles. The van der Waals surface area contributed by atoms with Gasteiger partial charge in [0.1, 0.15) is 5.75 Å². The summed E-state index contributed by atoms with van der Waals surface area (Å²) in [6, 6.07) is 3.11. The van der Waals surface area contributed by atoms with Gasteiger partial charge in [-0.3, -0.25) is 9.69 Å². The fraction of sp³-hybridized carbons (Fsp3) is 0.462. The zero-order valence-electron chi connectivity index (χ0n) is 10.9. The highest BCUT2D eigenvalue weighted by molar-refractivity contribution is 6.35. The molecule has 0 saturated heterocycles. The number of hydrogen-bond donors (Lipinski definition) is 2. The summed E-state index contributed by atoms with van der Waals surface area (Å²) in [6.45, 7) is 5.05. The molecule has 0 aliphatic carbocycles. The van der Waals surface area contributed by atoms with Crippen molar-refractivity contribution >= 4 is 29.2 Å². The van der Waals surface area contributed by atoms with Gasteiger partial charge < -0.3 is 10.2 Å². The molecule has 1 aromatic carbocycles. The van der Waals surface area contributed by atoms with E-state index in [4.69, 9.17) is 28.3 Å². The van der Waals surface area contributed by atoms with Crippen LogP contribution in [-0.2, 0) is 11.3 Å². The van der Waals surface area contributed by atoms with E-state index in [0.29, 0.717) is 30.2 Å². The molecule has 1 rings (SSSR count). The van der Waals surface area contributed by atoms with Crippen LogP contribution >= 0.6 is 23.2 Å². The van der Waals surface area contributed by atoms with E-state index >= 15 is 0 Å². The van der Waals surface area contributed by atoms with Crippen molar-refractivity contribution in [2.24, 2.45) is 5.92 Å². The number of nitrogens with zero attached hydrogens (tertiary/aromatic N) is 1. The molecule has 6 heteroatoms. The molecule has 0 amide bonds. The molecule has 1 atom stereocenters. The maximum absolute atomic E-state index is 10.9. The quantitative estimate of drug-likeness (QED) is 0.847. The molecule has 0 saturated carbocycles. The van der Waals surface area contributed by atoms with Gasteiger partial charge in [0.15, 0.2) is 0 Å². The van der Waals surface area contributed by atoms with Gasteiger partial charge in [0.2, 0.25) is 0 Å². The fourth-order valence-corrected chi connectivity index (χ4v) is 2.29. The lowest BCUT2D eigenvalue weighted by Crippen LogP contribution is -2.31. The summed E-state index contributed by atoms with van der Waals surface area (Å²) in [5, 5.41) is 19.4. The number of aromatic hydroxyl groups is 1. The van der Waals surface area contributed by atoms with Gasteiger partial charge in [0.05, 0.1) is 10.9 Å². The van der Waals surface area contributed by atoms with Crippen LogP contribution in [0.1, 0.15) is 19.4 Å². The minimum atomic E-state index is -0.841. The molecule has 1 unspecified atom stereocenters. The van der Waals surface area contributed by atoms with Crippen LogP contribution in [0, 0.1) is 5.92 Å². The van der Waals surface area contributed by atoms with Gasteiger partial charge in [0, 0.05) is 23.7 Å². The van der Waals surface area contributed by atoms with Crippen LogP contribution in [0.3, 0.4) is 0 Å². The van der Waals surface area contributed by atoms with Crippen molar-refractivity contribution in [3.8, 4) is 5.75 Å². The molecule has 1 aromatic rings. The Hall–Kier alpha value is -0.970. The van der Waals surface area contributed by atoms with E-state index in [1.807, 2.05) is 11.8 Å². The standard InChI is InChI=1S/C13H17Cl2NO3/c1-3-16(6-8(2)13(18)19)7-9-4-10(14)5-11(15)12(9)17/h4-5,8,17H,3,6-7H2,1-2H3,(H,18,19). The Morgan fingerprint density at radius 2 is 2.05 bits per heavy atom. The normalized spacial score (nSPS) is 12.7. The van der Waals surface area contributed by atoms with Crippen LogP contribution in [-0.4, -0.2) is 34.2 Å². The first-order valence-corrected chi connectivity index (χ1v) is 6.72. The van der Waals surface area contributed by atoms with E-state index in [2.05, 4.69) is 0 Å². The first-order valence-electron chi connectivity index (χ1n) is 5.97. The number of carbonyl (C=O) groups is 1. The molecule has 0 aliphatic rings. The van der Waals surface area contributed by atoms with Crippen molar-refractivity contribution in [2.75, 3.05) is 13.1 Å². The Bertz CT molecular complexity index is 465. The highest BCUT2D eigenvalue weighted by atomic mass is 35.5. The number of rotatable bonds is 6. The maximum atomic E-state index is 10.9. The lowest BCUT2D eigenvalue weighted by atomic mass is 10.1. The minimum Gasteiger partial charge on any atom is -0.506 e. The fourth-order valence-electron chi connectivity index (χ4n) is 1.75. The van der Waals surface area contributed by atoms with Crippen molar-refractivity contribution in [1.82, 2.24) is 4.90 Å². The largest absolute Gasteiger partial charge is 0.506 e. The number of phenols is 1. The molecule has 0 bridgehead atoms. The zero-order valence-corrected chi connectivity index (χ0v) is 12.4. The average Bonchev–Trinajstić information content (AvgIpc) is 2.33. The molecule has 0 spiro atoms. The van der Waals surface area contributed by atoms with E-state index in [0.717, 1.165) is 0 Å². The van der Waals surface area contributed by atoms with Gasteiger partial charge in [-0.1, -0.05) is 37.0 Å². The Morgan fingerprint density at radius 3 is 2.58 bits per heavy atom. The number of carboxylic acids is 1. The highest BCUT2D eigenvalue weighted by Crippen LogP contribution is 2.32. The van der Waals surface area contributed by atoms with E-state index in [9.17, 15) is 9.90 Å². The second-order valence-corrected chi connectivity index (χ2v) is 5.31. The first-order chi connectivity index (χ1) is 8.85. The van der Waals surface area contributed by atoms with E-state index in [1.165, 1.54) is 6.07 Å². The Kier molecular flexibility index (Phi) is 5.91. The second-order valence-electron chi connectivity index (χ2n) is 4.46. The van der Waals surface area contributed by atoms with E-state index in [1.54, 1.807) is 13.0 Å². The summed E-state index contributed by atoms with van der Waals surface area (Å²) >= 11 is 11.8. The van der Waals surface area contributed by atoms with Crippen molar-refractivity contribution in [1.29, 1.82) is 0 Å². The third kappa shape index (κ3) is 4.56. The number of aliphatic carboxylic acids is 1. The molecule has 4 nitrogen and oxygen atoms in total. The summed E-state index contributed by atoms with van der Waals surface area (Å²) in [4.78, 5) is 12.8. The number of benzene rings is 1. The molecule has 0 aromatic heterocycles. The third-order valence-electron chi connectivity index (χ3n) is 2.90. The maximum Gasteiger partial charge on any atom is 0.307 e. The predicted molar refractivity (Wildman–Crippen MR) is 75.9 cm³/mol. The lowest BCUT2D eigenvalue weighted by molar-refractivity contribution is -0.141. The van der Waals surface area contributed by atoms with Gasteiger partial charge in [0.25, 0.3) is 0 Å². The summed E-state index contributed by atoms with van der Waals surface area (Å²) in [7, 11) is 0. The van der Waals surface area contributed by atoms with Crippen LogP contribution in [0.2, 0.25) is 10.0 Å². The molecular formula is C13H17Cl2NO3. The summed E-state index contributed by atoms with van der Waals surface area (Å²) in [5.41, 5.74) is 0.594. The highest BCUT2D eigenvalue weighted by Gasteiger charge is 2.17. The summed E-state index contributed by atoms with van der Waals surface area (Å²) in [5.74, 6) is -1.32. The van der Waals surface area contributed by atoms with Gasteiger partial charge >= 0.3 is 5.97 Å². The van der Waals surface area contributed by atoms with Crippen LogP contribution in [0.25, 0.3) is 0 Å². The number of hydrogen-bond acceptors (Lipinski definition) is 3. The smallest absolute Gasteiger partial charge is 0.307 e. The number of carboxylic acid groups (broad SMARTS) is 1. The van der Waals surface area contributed by atoms with Gasteiger partial charge in [-0.2, -0.15) is 0 Å². The Labute approximate surface area is 122 Å². The zero-order chi connectivity index (χ0) is 14.6. The van der Waals surface area contributed by atoms with Crippen molar-refractivity contribution < 1.29 is 15.0 Å². The van der Waals surface area contributed by atoms with E-state index < -0.39 is 11.9 Å². The molecular weight excluding hydrogens is 289 g/mol. The average molecular weight is 306 g/mol. The molecule has 0 fully saturated rings. The number of halogens is 2. The van der Waals surface area contributed by atoms with Gasteiger partial charge in [-0.05, 0) is 18.7 Å². The van der Waals surface area contributed by atoms with Crippen molar-refractivity contribution in [2.45, 2.75) is 20.4 Å². The van der Waals surface area contributed by atoms with Crippen molar-refractivity contribution in [3.63, 3.8) is 0 Å². The molecule has 0 radical (unpaired) electrons. The molecule has 0 aliphatic heterocycles. The molecule has 106 valence electrons. The predicted octanol–water partition coefficient (Wildman–Crippen LogP) is 3.24. The topological polar surface area (TPSA) is 60.8 Å². The minimum absolute atomic E-state index is 0.00695. The molecule has 19 heavy (non-hydrogen) atoms. The van der Waals surface area contributed by atoms with Crippen molar-refractivity contribution in [3.05, 3.63) is 27.7 Å². The summed E-state index contributed by atoms with van der Waals surface area (Å²) < 4.78 is 0. The van der Waals surface area contributed by atoms with Crippen LogP contribution in [0.5, 0.6) is 5.75 Å².